The van der Waals surface area contributed by atoms with Crippen LogP contribution in [0.15, 0.2) is 60.9 Å². The van der Waals surface area contributed by atoms with E-state index >= 15 is 0 Å². The first-order valence-corrected chi connectivity index (χ1v) is 12.4. The van der Waals surface area contributed by atoms with Crippen LogP contribution >= 0.6 is 0 Å². The van der Waals surface area contributed by atoms with E-state index in [1.807, 2.05) is 18.5 Å². The molecule has 182 valence electrons. The molecular weight excluding hydrogens is 454 g/mol. The van der Waals surface area contributed by atoms with Crippen LogP contribution in [0.25, 0.3) is 22.2 Å². The van der Waals surface area contributed by atoms with Gasteiger partial charge in [-0.05, 0) is 36.1 Å². The highest BCUT2D eigenvalue weighted by Gasteiger charge is 2.44. The number of hydrogen-bond acceptors (Lipinski definition) is 7. The Bertz CT molecular complexity index is 1430. The Morgan fingerprint density at radius 1 is 1.00 bits per heavy atom. The number of rotatable bonds is 3. The molecule has 1 spiro atoms. The molecule has 1 atom stereocenters. The molecule has 7 rings (SSSR count). The molecule has 3 aliphatic rings. The topological polar surface area (TPSA) is 97.2 Å². The van der Waals surface area contributed by atoms with Crippen molar-refractivity contribution in [1.82, 2.24) is 30.2 Å². The maximum Gasteiger partial charge on any atom is 0.241 e. The van der Waals surface area contributed by atoms with E-state index in [4.69, 9.17) is 9.72 Å². The van der Waals surface area contributed by atoms with E-state index in [-0.39, 0.29) is 11.9 Å². The van der Waals surface area contributed by atoms with Crippen molar-refractivity contribution in [3.05, 3.63) is 72.3 Å². The van der Waals surface area contributed by atoms with Crippen molar-refractivity contribution in [2.75, 3.05) is 31.3 Å². The zero-order valence-corrected chi connectivity index (χ0v) is 19.9. The summed E-state index contributed by atoms with van der Waals surface area (Å²) in [6, 6.07) is 16.9. The first-order chi connectivity index (χ1) is 17.7. The molecule has 4 aromatic rings. The van der Waals surface area contributed by atoms with Crippen LogP contribution in [0.4, 0.5) is 5.95 Å². The molecule has 5 heterocycles. The minimum Gasteiger partial charge on any atom is -0.371 e. The van der Waals surface area contributed by atoms with Crippen LogP contribution in [0.2, 0.25) is 0 Å². The molecule has 0 bridgehead atoms. The Balaban J connectivity index is 1.16. The fraction of sp³-hybridized carbons (Fsp3) is 0.333. The summed E-state index contributed by atoms with van der Waals surface area (Å²) in [7, 11) is 0. The van der Waals surface area contributed by atoms with E-state index in [9.17, 15) is 4.79 Å². The number of benzene rings is 2. The summed E-state index contributed by atoms with van der Waals surface area (Å²) in [4.78, 5) is 28.6. The number of nitrogens with zero attached hydrogens (tertiary/aromatic N) is 5. The third-order valence-corrected chi connectivity index (χ3v) is 7.75. The van der Waals surface area contributed by atoms with Crippen LogP contribution in [0, 0.1) is 0 Å². The van der Waals surface area contributed by atoms with Crippen molar-refractivity contribution >= 4 is 22.9 Å². The molecule has 2 aromatic heterocycles. The summed E-state index contributed by atoms with van der Waals surface area (Å²) in [5.74, 6) is 1.76. The molecule has 36 heavy (non-hydrogen) atoms. The van der Waals surface area contributed by atoms with Crippen LogP contribution in [0.5, 0.6) is 0 Å². The second-order valence-corrected chi connectivity index (χ2v) is 9.74. The average Bonchev–Trinajstić information content (AvgIpc) is 3.49. The van der Waals surface area contributed by atoms with E-state index < -0.39 is 5.54 Å². The van der Waals surface area contributed by atoms with Gasteiger partial charge in [-0.1, -0.05) is 36.4 Å². The largest absolute Gasteiger partial charge is 0.371 e. The first-order valence-electron chi connectivity index (χ1n) is 12.4. The van der Waals surface area contributed by atoms with Gasteiger partial charge in [0.15, 0.2) is 0 Å². The Morgan fingerprint density at radius 3 is 2.56 bits per heavy atom. The lowest BCUT2D eigenvalue weighted by Gasteiger charge is -2.37. The van der Waals surface area contributed by atoms with E-state index in [2.05, 4.69) is 72.5 Å². The number of aromatic nitrogens is 4. The quantitative estimate of drug-likeness (QED) is 0.464. The van der Waals surface area contributed by atoms with Gasteiger partial charge in [0, 0.05) is 31.0 Å². The predicted octanol–water partition coefficient (Wildman–Crippen LogP) is 2.63. The van der Waals surface area contributed by atoms with Gasteiger partial charge in [-0.3, -0.25) is 10.1 Å². The third-order valence-electron chi connectivity index (χ3n) is 7.75. The standard InChI is InChI=1S/C27H27N7O2/c35-25-27(31-17-30-25)8-10-33(11-9-27)26-28-13-20(14-29-26)19-6-7-21-22(12-19)34-23(15-36-16-24(34)32-21)18-4-2-1-3-5-18/h1-7,12-14,23,31H,8-11,15-17H2,(H,30,35)/t23-/m1/s1. The zero-order chi connectivity index (χ0) is 24.1. The highest BCUT2D eigenvalue weighted by atomic mass is 16.5. The maximum atomic E-state index is 12.2. The third kappa shape index (κ3) is 3.46. The molecule has 0 aliphatic carbocycles. The second kappa shape index (κ2) is 8.39. The Kier molecular flexibility index (Phi) is 5.00. The fourth-order valence-electron chi connectivity index (χ4n) is 5.70. The molecule has 0 saturated carbocycles. The van der Waals surface area contributed by atoms with Gasteiger partial charge in [-0.2, -0.15) is 0 Å². The van der Waals surface area contributed by atoms with Crippen molar-refractivity contribution in [2.24, 2.45) is 0 Å². The van der Waals surface area contributed by atoms with E-state index in [0.717, 1.165) is 53.9 Å². The van der Waals surface area contributed by atoms with Crippen LogP contribution in [-0.4, -0.2) is 57.3 Å². The first kappa shape index (κ1) is 21.5. The molecule has 1 amide bonds. The maximum absolute atomic E-state index is 12.2. The molecule has 3 aliphatic heterocycles. The van der Waals surface area contributed by atoms with Gasteiger partial charge in [-0.25, -0.2) is 15.0 Å². The second-order valence-electron chi connectivity index (χ2n) is 9.74. The Labute approximate surface area is 208 Å². The number of hydrogen-bond donors (Lipinski definition) is 2. The molecule has 2 aromatic carbocycles. The summed E-state index contributed by atoms with van der Waals surface area (Å²) in [6.07, 6.45) is 5.28. The average molecular weight is 482 g/mol. The summed E-state index contributed by atoms with van der Waals surface area (Å²) in [6.45, 7) is 3.18. The lowest BCUT2D eigenvalue weighted by Crippen LogP contribution is -2.54. The van der Waals surface area contributed by atoms with Gasteiger partial charge in [-0.15, -0.1) is 0 Å². The molecule has 9 heteroatoms. The van der Waals surface area contributed by atoms with Crippen molar-refractivity contribution in [3.8, 4) is 11.1 Å². The monoisotopic (exact) mass is 481 g/mol. The number of amides is 1. The summed E-state index contributed by atoms with van der Waals surface area (Å²) < 4.78 is 8.19. The van der Waals surface area contributed by atoms with Gasteiger partial charge in [0.2, 0.25) is 11.9 Å². The number of carbonyl (C=O) groups is 1. The van der Waals surface area contributed by atoms with Gasteiger partial charge >= 0.3 is 0 Å². The molecular formula is C27H27N7O2. The van der Waals surface area contributed by atoms with Crippen molar-refractivity contribution < 1.29 is 9.53 Å². The van der Waals surface area contributed by atoms with Gasteiger partial charge < -0.3 is 19.5 Å². The minimum atomic E-state index is -0.432. The van der Waals surface area contributed by atoms with Gasteiger partial charge in [0.1, 0.15) is 18.0 Å². The van der Waals surface area contributed by atoms with E-state index in [0.29, 0.717) is 25.8 Å². The highest BCUT2D eigenvalue weighted by molar-refractivity contribution is 5.88. The minimum absolute atomic E-state index is 0.0904. The SMILES string of the molecule is O=C1NCNC12CCN(c1ncc(-c3ccc4nc5n(c4c3)[C@@H](c3ccccc3)COC5)cn1)CC2. The van der Waals surface area contributed by atoms with E-state index in [1.165, 1.54) is 5.56 Å². The van der Waals surface area contributed by atoms with E-state index in [1.54, 1.807) is 0 Å². The van der Waals surface area contributed by atoms with Crippen LogP contribution in [0.3, 0.4) is 0 Å². The molecule has 2 N–H and O–H groups in total. The van der Waals surface area contributed by atoms with Crippen molar-refractivity contribution in [2.45, 2.75) is 31.0 Å². The van der Waals surface area contributed by atoms with Crippen molar-refractivity contribution in [1.29, 1.82) is 0 Å². The lowest BCUT2D eigenvalue weighted by molar-refractivity contribution is -0.124. The van der Waals surface area contributed by atoms with Crippen LogP contribution in [-0.2, 0) is 16.1 Å². The predicted molar refractivity (Wildman–Crippen MR) is 135 cm³/mol. The zero-order valence-electron chi connectivity index (χ0n) is 19.9. The Hall–Kier alpha value is -3.82. The normalized spacial score (nSPS) is 21.1. The number of nitrogens with one attached hydrogen (secondary N) is 2. The molecule has 2 fully saturated rings. The smallest absolute Gasteiger partial charge is 0.241 e. The fourth-order valence-corrected chi connectivity index (χ4v) is 5.70. The Morgan fingerprint density at radius 2 is 1.81 bits per heavy atom. The van der Waals surface area contributed by atoms with Crippen molar-refractivity contribution in [3.63, 3.8) is 0 Å². The lowest BCUT2D eigenvalue weighted by atomic mass is 9.88. The number of fused-ring (bicyclic) bond motifs is 3. The molecule has 9 nitrogen and oxygen atoms in total. The summed E-state index contributed by atoms with van der Waals surface area (Å²) >= 11 is 0. The van der Waals surface area contributed by atoms with Gasteiger partial charge in [0.05, 0.1) is 30.4 Å². The molecule has 0 unspecified atom stereocenters. The van der Waals surface area contributed by atoms with Crippen LogP contribution in [0.1, 0.15) is 30.3 Å². The number of piperidine rings is 1. The van der Waals surface area contributed by atoms with Crippen LogP contribution < -0.4 is 15.5 Å². The summed E-state index contributed by atoms with van der Waals surface area (Å²) in [5.41, 5.74) is 4.85. The molecule has 2 saturated heterocycles. The number of imidazole rings is 1. The number of anilines is 1. The van der Waals surface area contributed by atoms with Gasteiger partial charge in [0.25, 0.3) is 0 Å². The number of carbonyl (C=O) groups excluding carboxylic acids is 1. The highest BCUT2D eigenvalue weighted by Crippen LogP contribution is 2.33. The number of ether oxygens (including phenoxy) is 1. The molecule has 0 radical (unpaired) electrons. The summed E-state index contributed by atoms with van der Waals surface area (Å²) in [5, 5.41) is 6.22.